The lowest BCUT2D eigenvalue weighted by Gasteiger charge is -2.36. The first-order valence-electron chi connectivity index (χ1n) is 8.45. The highest BCUT2D eigenvalue weighted by atomic mass is 19.4. The minimum atomic E-state index is -4.59. The van der Waals surface area contributed by atoms with Crippen molar-refractivity contribution in [2.45, 2.75) is 62.8 Å². The molecule has 1 amide bonds. The lowest BCUT2D eigenvalue weighted by molar-refractivity contribution is -0.223. The van der Waals surface area contributed by atoms with Crippen LogP contribution in [-0.2, 0) is 4.79 Å². The van der Waals surface area contributed by atoms with Gasteiger partial charge in [0.25, 0.3) is 0 Å². The number of carbonyl (C=O) groups is 1. The number of nitrogens with one attached hydrogen (secondary N) is 1. The van der Waals surface area contributed by atoms with E-state index in [-0.39, 0.29) is 25.3 Å². The van der Waals surface area contributed by atoms with Crippen molar-refractivity contribution in [3.8, 4) is 6.07 Å². The lowest BCUT2D eigenvalue weighted by Crippen LogP contribution is -2.52. The highest BCUT2D eigenvalue weighted by Gasteiger charge is 2.44. The van der Waals surface area contributed by atoms with Gasteiger partial charge in [0.1, 0.15) is 5.54 Å². The van der Waals surface area contributed by atoms with Gasteiger partial charge in [0.15, 0.2) is 6.10 Å². The van der Waals surface area contributed by atoms with Gasteiger partial charge in [0, 0.05) is 0 Å². The number of aliphatic hydroxyl groups is 1. The molecule has 0 spiro atoms. The number of aliphatic hydroxyl groups excluding tert-OH is 1. The van der Waals surface area contributed by atoms with Crippen molar-refractivity contribution >= 4 is 5.91 Å². The number of alkyl halides is 3. The van der Waals surface area contributed by atoms with E-state index in [4.69, 9.17) is 0 Å². The third kappa shape index (κ3) is 4.84. The molecule has 1 aliphatic heterocycles. The van der Waals surface area contributed by atoms with Crippen molar-refractivity contribution in [2.75, 3.05) is 19.6 Å². The molecule has 1 saturated heterocycles. The maximum Gasteiger partial charge on any atom is 0.414 e. The molecular weight excluding hydrogens is 323 g/mol. The zero-order chi connectivity index (χ0) is 17.8. The molecule has 2 rings (SSSR count). The van der Waals surface area contributed by atoms with Gasteiger partial charge in [-0.15, -0.1) is 0 Å². The molecule has 24 heavy (non-hydrogen) atoms. The summed E-state index contributed by atoms with van der Waals surface area (Å²) in [7, 11) is 0. The number of hydrogen-bond acceptors (Lipinski definition) is 4. The van der Waals surface area contributed by atoms with E-state index in [0.717, 1.165) is 19.3 Å². The largest absolute Gasteiger partial charge is 0.414 e. The van der Waals surface area contributed by atoms with Crippen LogP contribution in [0.4, 0.5) is 13.2 Å². The average Bonchev–Trinajstić information content (AvgIpc) is 2.55. The maximum absolute atomic E-state index is 12.5. The summed E-state index contributed by atoms with van der Waals surface area (Å²) >= 11 is 0. The van der Waals surface area contributed by atoms with E-state index >= 15 is 0 Å². The summed E-state index contributed by atoms with van der Waals surface area (Å²) in [5, 5.41) is 21.5. The summed E-state index contributed by atoms with van der Waals surface area (Å²) < 4.78 is 37.6. The first-order chi connectivity index (χ1) is 11.3. The summed E-state index contributed by atoms with van der Waals surface area (Å²) in [5.41, 5.74) is -0.792. The fourth-order valence-corrected chi connectivity index (χ4v) is 3.62. The number of nitrogens with zero attached hydrogens (tertiary/aromatic N) is 2. The normalized spacial score (nSPS) is 24.1. The third-order valence-corrected chi connectivity index (χ3v) is 5.08. The van der Waals surface area contributed by atoms with Gasteiger partial charge >= 0.3 is 6.18 Å². The maximum atomic E-state index is 12.5. The second-order valence-corrected chi connectivity index (χ2v) is 6.90. The topological polar surface area (TPSA) is 76.4 Å². The molecule has 136 valence electrons. The Balaban J connectivity index is 1.79. The third-order valence-electron chi connectivity index (χ3n) is 5.08. The van der Waals surface area contributed by atoms with Gasteiger partial charge in [-0.3, -0.25) is 9.69 Å². The van der Waals surface area contributed by atoms with Crippen LogP contribution in [0, 0.1) is 17.2 Å². The van der Waals surface area contributed by atoms with Gasteiger partial charge in [0.05, 0.1) is 12.6 Å². The van der Waals surface area contributed by atoms with Gasteiger partial charge in [-0.25, -0.2) is 0 Å². The van der Waals surface area contributed by atoms with Gasteiger partial charge in [-0.05, 0) is 44.7 Å². The lowest BCUT2D eigenvalue weighted by atomic mass is 9.83. The summed E-state index contributed by atoms with van der Waals surface area (Å²) in [6.07, 6.45) is -2.29. The van der Waals surface area contributed by atoms with E-state index in [1.807, 2.05) is 0 Å². The predicted molar refractivity (Wildman–Crippen MR) is 80.8 cm³/mol. The number of rotatable bonds is 4. The Hall–Kier alpha value is -1.33. The molecule has 0 bridgehead atoms. The zero-order valence-electron chi connectivity index (χ0n) is 13.6. The van der Waals surface area contributed by atoms with E-state index in [9.17, 15) is 28.3 Å². The van der Waals surface area contributed by atoms with Crippen molar-refractivity contribution < 1.29 is 23.1 Å². The molecule has 2 N–H and O–H groups in total. The van der Waals surface area contributed by atoms with Crippen LogP contribution in [0.3, 0.4) is 0 Å². The second-order valence-electron chi connectivity index (χ2n) is 6.90. The molecule has 0 aromatic carbocycles. The number of halogens is 3. The summed E-state index contributed by atoms with van der Waals surface area (Å²) in [4.78, 5) is 14.0. The Kier molecular flexibility index (Phi) is 6.10. The monoisotopic (exact) mass is 347 g/mol. The minimum Gasteiger partial charge on any atom is -0.383 e. The van der Waals surface area contributed by atoms with E-state index in [1.54, 1.807) is 4.90 Å². The SMILES string of the molecule is N#CC1(NC(=O)CN2CCC(C(O)C(F)(F)F)CC2)CCCCC1. The Labute approximate surface area is 139 Å². The highest BCUT2D eigenvalue weighted by molar-refractivity contribution is 5.79. The average molecular weight is 347 g/mol. The molecule has 1 atom stereocenters. The van der Waals surface area contributed by atoms with Crippen molar-refractivity contribution in [1.82, 2.24) is 10.2 Å². The number of nitriles is 1. The van der Waals surface area contributed by atoms with Gasteiger partial charge in [0.2, 0.25) is 5.91 Å². The van der Waals surface area contributed by atoms with Crippen molar-refractivity contribution in [1.29, 1.82) is 5.26 Å². The molecule has 1 unspecified atom stereocenters. The second kappa shape index (κ2) is 7.70. The molecule has 1 aliphatic carbocycles. The summed E-state index contributed by atoms with van der Waals surface area (Å²) in [6.45, 7) is 0.758. The van der Waals surface area contributed by atoms with Crippen molar-refractivity contribution in [3.63, 3.8) is 0 Å². The molecule has 0 aromatic heterocycles. The number of amides is 1. The highest BCUT2D eigenvalue weighted by Crippen LogP contribution is 2.31. The Bertz CT molecular complexity index is 476. The fraction of sp³-hybridized carbons (Fsp3) is 0.875. The molecule has 2 aliphatic rings. The Morgan fingerprint density at radius 1 is 1.29 bits per heavy atom. The molecule has 0 radical (unpaired) electrons. The van der Waals surface area contributed by atoms with Gasteiger partial charge in [-0.1, -0.05) is 19.3 Å². The fourth-order valence-electron chi connectivity index (χ4n) is 3.62. The number of piperidine rings is 1. The number of hydrogen-bond donors (Lipinski definition) is 2. The molecule has 5 nitrogen and oxygen atoms in total. The quantitative estimate of drug-likeness (QED) is 0.815. The first-order valence-corrected chi connectivity index (χ1v) is 8.45. The van der Waals surface area contributed by atoms with E-state index in [0.29, 0.717) is 25.9 Å². The molecular formula is C16H24F3N3O2. The van der Waals surface area contributed by atoms with E-state index in [1.165, 1.54) is 0 Å². The van der Waals surface area contributed by atoms with Gasteiger partial charge < -0.3 is 10.4 Å². The van der Waals surface area contributed by atoms with Crippen molar-refractivity contribution in [3.05, 3.63) is 0 Å². The molecule has 0 aromatic rings. The van der Waals surface area contributed by atoms with Crippen LogP contribution in [0.2, 0.25) is 0 Å². The molecule has 2 fully saturated rings. The zero-order valence-corrected chi connectivity index (χ0v) is 13.6. The van der Waals surface area contributed by atoms with Crippen LogP contribution in [0.1, 0.15) is 44.9 Å². The minimum absolute atomic E-state index is 0.0816. The van der Waals surface area contributed by atoms with E-state index < -0.39 is 23.7 Å². The smallest absolute Gasteiger partial charge is 0.383 e. The number of likely N-dealkylation sites (tertiary alicyclic amines) is 1. The molecule has 1 heterocycles. The van der Waals surface area contributed by atoms with Crippen LogP contribution in [-0.4, -0.2) is 53.4 Å². The van der Waals surface area contributed by atoms with Gasteiger partial charge in [-0.2, -0.15) is 18.4 Å². The summed E-state index contributed by atoms with van der Waals surface area (Å²) in [6, 6.07) is 2.22. The van der Waals surface area contributed by atoms with Crippen molar-refractivity contribution in [2.24, 2.45) is 5.92 Å². The number of carbonyl (C=O) groups excluding carboxylic acids is 1. The van der Waals surface area contributed by atoms with Crippen LogP contribution in [0.15, 0.2) is 0 Å². The molecule has 1 saturated carbocycles. The van der Waals surface area contributed by atoms with E-state index in [2.05, 4.69) is 11.4 Å². The Morgan fingerprint density at radius 2 is 1.88 bits per heavy atom. The standard InChI is InChI=1S/C16H24F3N3O2/c17-16(18,19)14(24)12-4-8-22(9-5-12)10-13(23)21-15(11-20)6-2-1-3-7-15/h12,14,24H,1-10H2,(H,21,23). The first kappa shape index (κ1) is 19.0. The summed E-state index contributed by atoms with van der Waals surface area (Å²) in [5.74, 6) is -1.07. The van der Waals surface area contributed by atoms with Crippen LogP contribution in [0.25, 0.3) is 0 Å². The van der Waals surface area contributed by atoms with Crippen LogP contribution >= 0.6 is 0 Å². The van der Waals surface area contributed by atoms with Crippen LogP contribution in [0.5, 0.6) is 0 Å². The molecule has 8 heteroatoms. The predicted octanol–water partition coefficient (Wildman–Crippen LogP) is 1.96. The Morgan fingerprint density at radius 3 is 2.38 bits per heavy atom. The van der Waals surface area contributed by atoms with Crippen LogP contribution < -0.4 is 5.32 Å².